The number of esters is 1. The molecule has 4 heteroatoms. The van der Waals surface area contributed by atoms with Gasteiger partial charge in [-0.05, 0) is 26.0 Å². The number of fused-ring (bicyclic) bond motifs is 1. The van der Waals surface area contributed by atoms with Crippen molar-refractivity contribution in [3.05, 3.63) is 30.3 Å². The molecule has 0 saturated carbocycles. The highest BCUT2D eigenvalue weighted by molar-refractivity contribution is 5.92. The van der Waals surface area contributed by atoms with Gasteiger partial charge in [-0.1, -0.05) is 0 Å². The molecule has 0 aromatic carbocycles. The van der Waals surface area contributed by atoms with E-state index in [1.54, 1.807) is 38.4 Å². The number of hydrogen-bond donors (Lipinski definition) is 0. The van der Waals surface area contributed by atoms with Crippen molar-refractivity contribution in [2.45, 2.75) is 20.0 Å². The van der Waals surface area contributed by atoms with Gasteiger partial charge in [0.25, 0.3) is 0 Å². The minimum atomic E-state index is -0.443. The number of ether oxygens (including phenoxy) is 1. The number of furan rings is 1. The molecule has 0 fully saturated rings. The molecule has 15 heavy (non-hydrogen) atoms. The van der Waals surface area contributed by atoms with Crippen LogP contribution in [0.1, 0.15) is 24.4 Å². The Bertz CT molecular complexity index is 454. The fourth-order valence-electron chi connectivity index (χ4n) is 1.26. The van der Waals surface area contributed by atoms with Crippen LogP contribution in [0.5, 0.6) is 0 Å². The summed E-state index contributed by atoms with van der Waals surface area (Å²) in [6.45, 7) is 3.59. The number of carbonyl (C=O) groups is 1. The summed E-state index contributed by atoms with van der Waals surface area (Å²) in [5.74, 6) is -0.229. The van der Waals surface area contributed by atoms with Gasteiger partial charge >= 0.3 is 5.97 Å². The summed E-state index contributed by atoms with van der Waals surface area (Å²) in [5, 5.41) is 0.848. The van der Waals surface area contributed by atoms with Gasteiger partial charge in [0.05, 0.1) is 12.3 Å². The first-order valence-corrected chi connectivity index (χ1v) is 4.71. The molecule has 4 nitrogen and oxygen atoms in total. The molecule has 0 N–H and O–H groups in total. The summed E-state index contributed by atoms with van der Waals surface area (Å²) >= 11 is 0. The molecular weight excluding hydrogens is 194 g/mol. The van der Waals surface area contributed by atoms with Gasteiger partial charge in [-0.15, -0.1) is 0 Å². The first-order chi connectivity index (χ1) is 7.16. The zero-order valence-corrected chi connectivity index (χ0v) is 8.56. The van der Waals surface area contributed by atoms with Crippen molar-refractivity contribution in [1.82, 2.24) is 4.98 Å². The third-order valence-corrected chi connectivity index (χ3v) is 1.87. The third kappa shape index (κ3) is 1.98. The number of hydrogen-bond acceptors (Lipinski definition) is 4. The maximum absolute atomic E-state index is 11.5. The molecule has 2 rings (SSSR count). The molecule has 0 amide bonds. The van der Waals surface area contributed by atoms with Crippen LogP contribution < -0.4 is 0 Å². The maximum atomic E-state index is 11.5. The maximum Gasteiger partial charge on any atom is 0.374 e. The molecule has 0 bridgehead atoms. The van der Waals surface area contributed by atoms with Crippen LogP contribution in [0.25, 0.3) is 11.0 Å². The molecule has 2 heterocycles. The molecule has 0 aliphatic rings. The predicted molar refractivity (Wildman–Crippen MR) is 54.6 cm³/mol. The quantitative estimate of drug-likeness (QED) is 0.706. The van der Waals surface area contributed by atoms with Crippen molar-refractivity contribution in [2.24, 2.45) is 0 Å². The van der Waals surface area contributed by atoms with E-state index in [2.05, 4.69) is 4.98 Å². The van der Waals surface area contributed by atoms with Crippen LogP contribution in [0.2, 0.25) is 0 Å². The predicted octanol–water partition coefficient (Wildman–Crippen LogP) is 2.39. The van der Waals surface area contributed by atoms with E-state index < -0.39 is 5.97 Å². The topological polar surface area (TPSA) is 52.3 Å². The average Bonchev–Trinajstić information content (AvgIpc) is 2.59. The lowest BCUT2D eigenvalue weighted by atomic mass is 10.3. The molecule has 0 saturated heterocycles. The van der Waals surface area contributed by atoms with Gasteiger partial charge < -0.3 is 9.15 Å². The van der Waals surface area contributed by atoms with Gasteiger partial charge in [0.2, 0.25) is 5.76 Å². The summed E-state index contributed by atoms with van der Waals surface area (Å²) in [6.07, 6.45) is 3.07. The Morgan fingerprint density at radius 2 is 2.33 bits per heavy atom. The van der Waals surface area contributed by atoms with Crippen LogP contribution in [-0.2, 0) is 4.74 Å². The smallest absolute Gasteiger partial charge is 0.374 e. The highest BCUT2D eigenvalue weighted by Crippen LogP contribution is 2.18. The third-order valence-electron chi connectivity index (χ3n) is 1.87. The fraction of sp³-hybridized carbons (Fsp3) is 0.273. The van der Waals surface area contributed by atoms with Gasteiger partial charge in [-0.3, -0.25) is 4.98 Å². The Balaban J connectivity index is 2.32. The Labute approximate surface area is 86.9 Å². The summed E-state index contributed by atoms with van der Waals surface area (Å²) in [6, 6.07) is 3.44. The van der Waals surface area contributed by atoms with Crippen molar-refractivity contribution in [3.63, 3.8) is 0 Å². The van der Waals surface area contributed by atoms with E-state index in [4.69, 9.17) is 9.15 Å². The molecule has 0 spiro atoms. The Hall–Kier alpha value is -1.84. The highest BCUT2D eigenvalue weighted by Gasteiger charge is 2.14. The zero-order valence-electron chi connectivity index (χ0n) is 8.56. The first kappa shape index (κ1) is 9.71. The van der Waals surface area contributed by atoms with Crippen molar-refractivity contribution < 1.29 is 13.9 Å². The van der Waals surface area contributed by atoms with Crippen LogP contribution in [-0.4, -0.2) is 17.1 Å². The molecule has 0 aliphatic heterocycles. The zero-order chi connectivity index (χ0) is 10.8. The molecule has 0 aliphatic carbocycles. The van der Waals surface area contributed by atoms with E-state index in [9.17, 15) is 4.79 Å². The van der Waals surface area contributed by atoms with E-state index in [1.807, 2.05) is 0 Å². The summed E-state index contributed by atoms with van der Waals surface area (Å²) in [7, 11) is 0. The van der Waals surface area contributed by atoms with E-state index in [1.165, 1.54) is 0 Å². The van der Waals surface area contributed by atoms with Crippen LogP contribution in [0.4, 0.5) is 0 Å². The van der Waals surface area contributed by atoms with Crippen molar-refractivity contribution in [1.29, 1.82) is 0 Å². The molecule has 0 unspecified atom stereocenters. The second-order valence-corrected chi connectivity index (χ2v) is 3.48. The SMILES string of the molecule is CC(C)OC(=O)c1cc2ccncc2o1. The van der Waals surface area contributed by atoms with Gasteiger partial charge in [0.15, 0.2) is 5.58 Å². The molecule has 0 radical (unpaired) electrons. The first-order valence-electron chi connectivity index (χ1n) is 4.71. The minimum absolute atomic E-state index is 0.149. The largest absolute Gasteiger partial charge is 0.457 e. The second-order valence-electron chi connectivity index (χ2n) is 3.48. The molecule has 0 atom stereocenters. The Kier molecular flexibility index (Phi) is 2.41. The summed E-state index contributed by atoms with van der Waals surface area (Å²) < 4.78 is 10.3. The second kappa shape index (κ2) is 3.73. The van der Waals surface area contributed by atoms with E-state index in [0.29, 0.717) is 5.58 Å². The lowest BCUT2D eigenvalue weighted by molar-refractivity contribution is 0.0344. The summed E-state index contributed by atoms with van der Waals surface area (Å²) in [4.78, 5) is 15.4. The number of rotatable bonds is 2. The van der Waals surface area contributed by atoms with Gasteiger partial charge in [-0.2, -0.15) is 0 Å². The van der Waals surface area contributed by atoms with Crippen molar-refractivity contribution >= 4 is 16.9 Å². The van der Waals surface area contributed by atoms with Crippen LogP contribution in [0, 0.1) is 0 Å². The number of pyridine rings is 1. The number of nitrogens with zero attached hydrogens (tertiary/aromatic N) is 1. The van der Waals surface area contributed by atoms with Crippen molar-refractivity contribution in [2.75, 3.05) is 0 Å². The minimum Gasteiger partial charge on any atom is -0.457 e. The molecule has 2 aromatic rings. The Morgan fingerprint density at radius 3 is 3.00 bits per heavy atom. The monoisotopic (exact) mass is 205 g/mol. The Morgan fingerprint density at radius 1 is 1.53 bits per heavy atom. The van der Waals surface area contributed by atoms with E-state index in [0.717, 1.165) is 5.39 Å². The van der Waals surface area contributed by atoms with E-state index in [-0.39, 0.29) is 11.9 Å². The standard InChI is InChI=1S/C11H11NO3/c1-7(2)14-11(13)9-5-8-3-4-12-6-10(8)15-9/h3-7H,1-2H3. The molecule has 78 valence electrons. The fourth-order valence-corrected chi connectivity index (χ4v) is 1.26. The summed E-state index contributed by atoms with van der Waals surface area (Å²) in [5.41, 5.74) is 0.591. The lowest BCUT2D eigenvalue weighted by Crippen LogP contribution is -2.10. The number of aromatic nitrogens is 1. The normalized spacial score (nSPS) is 10.9. The van der Waals surface area contributed by atoms with Crippen LogP contribution in [0.15, 0.2) is 28.9 Å². The molecule has 2 aromatic heterocycles. The van der Waals surface area contributed by atoms with Crippen molar-refractivity contribution in [3.8, 4) is 0 Å². The number of carbonyl (C=O) groups excluding carboxylic acids is 1. The van der Waals surface area contributed by atoms with Gasteiger partial charge in [0, 0.05) is 11.6 Å². The van der Waals surface area contributed by atoms with E-state index >= 15 is 0 Å². The van der Waals surface area contributed by atoms with Gasteiger partial charge in [0.1, 0.15) is 0 Å². The average molecular weight is 205 g/mol. The van der Waals surface area contributed by atoms with Gasteiger partial charge in [-0.25, -0.2) is 4.79 Å². The molecular formula is C11H11NO3. The lowest BCUT2D eigenvalue weighted by Gasteiger charge is -2.04. The van der Waals surface area contributed by atoms with Crippen LogP contribution >= 0.6 is 0 Å². The highest BCUT2D eigenvalue weighted by atomic mass is 16.6. The van der Waals surface area contributed by atoms with Crippen LogP contribution in [0.3, 0.4) is 0 Å².